The summed E-state index contributed by atoms with van der Waals surface area (Å²) in [5, 5.41) is 1.03. The highest BCUT2D eigenvalue weighted by Crippen LogP contribution is 2.25. The van der Waals surface area contributed by atoms with E-state index in [1.165, 1.54) is 0 Å². The van der Waals surface area contributed by atoms with E-state index in [0.717, 1.165) is 11.1 Å². The Labute approximate surface area is 86.7 Å². The van der Waals surface area contributed by atoms with Crippen LogP contribution in [0.4, 0.5) is 0 Å². The fourth-order valence-corrected chi connectivity index (χ4v) is 1.85. The van der Waals surface area contributed by atoms with Crippen molar-refractivity contribution in [2.75, 3.05) is 6.54 Å². The van der Waals surface area contributed by atoms with Crippen LogP contribution < -0.4 is 5.73 Å². The molecule has 1 heterocycles. The van der Waals surface area contributed by atoms with Gasteiger partial charge in [-0.25, -0.2) is 4.98 Å². The van der Waals surface area contributed by atoms with Gasteiger partial charge in [0.1, 0.15) is 5.52 Å². The van der Waals surface area contributed by atoms with E-state index in [4.69, 9.17) is 10.2 Å². The second kappa shape index (κ2) is 4.02. The molecular formula is C10H12N2OS. The Balaban J connectivity index is 2.27. The third-order valence-corrected chi connectivity index (χ3v) is 2.88. The number of nitrogens with two attached hydrogens (primary N) is 1. The summed E-state index contributed by atoms with van der Waals surface area (Å²) in [7, 11) is 0. The molecule has 2 rings (SSSR count). The predicted octanol–water partition coefficient (Wildman–Crippen LogP) is 2.27. The van der Waals surface area contributed by atoms with Crippen LogP contribution in [0.25, 0.3) is 11.1 Å². The van der Waals surface area contributed by atoms with Gasteiger partial charge in [-0.15, -0.1) is 0 Å². The summed E-state index contributed by atoms with van der Waals surface area (Å²) in [5.74, 6) is 0. The van der Waals surface area contributed by atoms with Gasteiger partial charge in [0.15, 0.2) is 5.58 Å². The highest BCUT2D eigenvalue weighted by molar-refractivity contribution is 7.99. The molecule has 2 aromatic rings. The summed E-state index contributed by atoms with van der Waals surface area (Å²) in [6.45, 7) is 2.68. The van der Waals surface area contributed by atoms with Crippen LogP contribution >= 0.6 is 11.8 Å². The molecule has 1 atom stereocenters. The van der Waals surface area contributed by atoms with Gasteiger partial charge in [-0.2, -0.15) is 0 Å². The molecule has 0 saturated carbocycles. The van der Waals surface area contributed by atoms with E-state index in [2.05, 4.69) is 11.9 Å². The lowest BCUT2D eigenvalue weighted by molar-refractivity contribution is 0.488. The van der Waals surface area contributed by atoms with E-state index >= 15 is 0 Å². The van der Waals surface area contributed by atoms with E-state index in [0.29, 0.717) is 17.0 Å². The Morgan fingerprint density at radius 2 is 2.29 bits per heavy atom. The van der Waals surface area contributed by atoms with Gasteiger partial charge in [0.25, 0.3) is 5.22 Å². The third-order valence-electron chi connectivity index (χ3n) is 1.91. The number of nitrogens with zero attached hydrogens (tertiary/aromatic N) is 1. The van der Waals surface area contributed by atoms with Crippen molar-refractivity contribution in [1.29, 1.82) is 0 Å². The number of benzene rings is 1. The van der Waals surface area contributed by atoms with E-state index in [-0.39, 0.29) is 0 Å². The van der Waals surface area contributed by atoms with Crippen molar-refractivity contribution in [3.63, 3.8) is 0 Å². The van der Waals surface area contributed by atoms with Crippen molar-refractivity contribution >= 4 is 22.9 Å². The molecule has 4 heteroatoms. The minimum atomic E-state index is 0.336. The van der Waals surface area contributed by atoms with Crippen molar-refractivity contribution < 1.29 is 4.42 Å². The summed E-state index contributed by atoms with van der Waals surface area (Å²) < 4.78 is 5.54. The van der Waals surface area contributed by atoms with Crippen LogP contribution in [0.5, 0.6) is 0 Å². The van der Waals surface area contributed by atoms with Crippen molar-refractivity contribution in [3.8, 4) is 0 Å². The van der Waals surface area contributed by atoms with Crippen molar-refractivity contribution in [3.05, 3.63) is 24.3 Å². The first-order valence-corrected chi connectivity index (χ1v) is 5.40. The second-order valence-corrected chi connectivity index (χ2v) is 4.50. The second-order valence-electron chi connectivity index (χ2n) is 3.11. The first-order valence-electron chi connectivity index (χ1n) is 4.52. The molecule has 1 unspecified atom stereocenters. The average Bonchev–Trinajstić information content (AvgIpc) is 2.59. The van der Waals surface area contributed by atoms with Gasteiger partial charge in [-0.05, 0) is 12.1 Å². The number of oxazole rings is 1. The molecule has 14 heavy (non-hydrogen) atoms. The molecule has 74 valence electrons. The number of aromatic nitrogens is 1. The van der Waals surface area contributed by atoms with E-state index < -0.39 is 0 Å². The molecule has 0 fully saturated rings. The number of thioether (sulfide) groups is 1. The van der Waals surface area contributed by atoms with Gasteiger partial charge in [-0.3, -0.25) is 0 Å². The summed E-state index contributed by atoms with van der Waals surface area (Å²) in [5.41, 5.74) is 7.26. The monoisotopic (exact) mass is 208 g/mol. The normalized spacial score (nSPS) is 13.3. The van der Waals surface area contributed by atoms with Crippen LogP contribution in [-0.2, 0) is 0 Å². The smallest absolute Gasteiger partial charge is 0.257 e. The standard InChI is InChI=1S/C10H12N2OS/c1-7(6-11)14-10-12-8-4-2-3-5-9(8)13-10/h2-5,7H,6,11H2,1H3. The number of fused-ring (bicyclic) bond motifs is 1. The van der Waals surface area contributed by atoms with Crippen LogP contribution in [0.3, 0.4) is 0 Å². The average molecular weight is 208 g/mol. The topological polar surface area (TPSA) is 52.0 Å². The van der Waals surface area contributed by atoms with E-state index in [1.807, 2.05) is 24.3 Å². The quantitative estimate of drug-likeness (QED) is 0.786. The van der Waals surface area contributed by atoms with Crippen LogP contribution in [0.15, 0.2) is 33.9 Å². The van der Waals surface area contributed by atoms with Crippen LogP contribution in [0.1, 0.15) is 6.92 Å². The molecule has 0 aliphatic rings. The van der Waals surface area contributed by atoms with Crippen molar-refractivity contribution in [2.24, 2.45) is 5.73 Å². The Morgan fingerprint density at radius 3 is 3.00 bits per heavy atom. The van der Waals surface area contributed by atoms with Gasteiger partial charge in [0.2, 0.25) is 0 Å². The molecule has 0 saturated heterocycles. The van der Waals surface area contributed by atoms with Crippen molar-refractivity contribution in [1.82, 2.24) is 4.98 Å². The zero-order valence-corrected chi connectivity index (χ0v) is 8.75. The van der Waals surface area contributed by atoms with Crippen LogP contribution in [-0.4, -0.2) is 16.8 Å². The molecule has 0 bridgehead atoms. The Bertz CT molecular complexity index is 394. The first-order chi connectivity index (χ1) is 6.79. The maximum absolute atomic E-state index is 5.54. The summed E-state index contributed by atoms with van der Waals surface area (Å²) in [6.07, 6.45) is 0. The van der Waals surface area contributed by atoms with Gasteiger partial charge in [0, 0.05) is 11.8 Å². The molecular weight excluding hydrogens is 196 g/mol. The van der Waals surface area contributed by atoms with Crippen LogP contribution in [0, 0.1) is 0 Å². The third kappa shape index (κ3) is 1.91. The maximum atomic E-state index is 5.54. The van der Waals surface area contributed by atoms with E-state index in [1.54, 1.807) is 11.8 Å². The molecule has 1 aromatic heterocycles. The largest absolute Gasteiger partial charge is 0.431 e. The molecule has 0 aliphatic carbocycles. The summed E-state index contributed by atoms with van der Waals surface area (Å²) in [4.78, 5) is 4.34. The van der Waals surface area contributed by atoms with Gasteiger partial charge in [0.05, 0.1) is 0 Å². The zero-order valence-electron chi connectivity index (χ0n) is 7.93. The number of hydrogen-bond donors (Lipinski definition) is 1. The number of rotatable bonds is 3. The Kier molecular flexibility index (Phi) is 2.74. The summed E-state index contributed by atoms with van der Waals surface area (Å²) >= 11 is 1.57. The molecule has 0 aliphatic heterocycles. The Morgan fingerprint density at radius 1 is 1.50 bits per heavy atom. The molecule has 1 aromatic carbocycles. The SMILES string of the molecule is CC(CN)Sc1nc2ccccc2o1. The lowest BCUT2D eigenvalue weighted by Crippen LogP contribution is -2.12. The minimum Gasteiger partial charge on any atom is -0.431 e. The Hall–Kier alpha value is -1.00. The number of hydrogen-bond acceptors (Lipinski definition) is 4. The highest BCUT2D eigenvalue weighted by atomic mass is 32.2. The lowest BCUT2D eigenvalue weighted by atomic mass is 10.3. The zero-order chi connectivity index (χ0) is 9.97. The lowest BCUT2D eigenvalue weighted by Gasteiger charge is -2.01. The predicted molar refractivity (Wildman–Crippen MR) is 58.4 cm³/mol. The molecule has 0 spiro atoms. The summed E-state index contributed by atoms with van der Waals surface area (Å²) in [6, 6.07) is 7.75. The van der Waals surface area contributed by atoms with E-state index in [9.17, 15) is 0 Å². The van der Waals surface area contributed by atoms with Gasteiger partial charge >= 0.3 is 0 Å². The maximum Gasteiger partial charge on any atom is 0.257 e. The molecule has 3 nitrogen and oxygen atoms in total. The number of para-hydroxylation sites is 2. The first kappa shape index (κ1) is 9.55. The molecule has 0 radical (unpaired) electrons. The minimum absolute atomic E-state index is 0.336. The van der Waals surface area contributed by atoms with Crippen LogP contribution in [0.2, 0.25) is 0 Å². The fourth-order valence-electron chi connectivity index (χ4n) is 1.12. The highest BCUT2D eigenvalue weighted by Gasteiger charge is 2.08. The van der Waals surface area contributed by atoms with Crippen molar-refractivity contribution in [2.45, 2.75) is 17.4 Å². The van der Waals surface area contributed by atoms with Gasteiger partial charge < -0.3 is 10.2 Å². The fraction of sp³-hybridized carbons (Fsp3) is 0.300. The molecule has 0 amide bonds. The molecule has 2 N–H and O–H groups in total. The van der Waals surface area contributed by atoms with Gasteiger partial charge in [-0.1, -0.05) is 30.8 Å².